The van der Waals surface area contributed by atoms with Crippen molar-refractivity contribution in [3.8, 4) is 5.75 Å². The second kappa shape index (κ2) is 6.39. The molecule has 0 aliphatic rings. The van der Waals surface area contributed by atoms with Crippen molar-refractivity contribution >= 4 is 23.2 Å². The molecule has 0 bridgehead atoms. The van der Waals surface area contributed by atoms with E-state index in [0.717, 1.165) is 5.56 Å². The van der Waals surface area contributed by atoms with E-state index in [0.29, 0.717) is 10.8 Å². The van der Waals surface area contributed by atoms with Crippen LogP contribution in [0.25, 0.3) is 0 Å². The van der Waals surface area contributed by atoms with E-state index in [1.165, 1.54) is 12.1 Å². The Morgan fingerprint density at radius 3 is 2.80 bits per heavy atom. The first kappa shape index (κ1) is 14.3. The molecule has 3 nitrogen and oxygen atoms in total. The van der Waals surface area contributed by atoms with Crippen LogP contribution in [0.15, 0.2) is 42.5 Å². The van der Waals surface area contributed by atoms with Gasteiger partial charge in [0, 0.05) is 5.02 Å². The van der Waals surface area contributed by atoms with Crippen molar-refractivity contribution in [3.63, 3.8) is 0 Å². The molecule has 20 heavy (non-hydrogen) atoms. The van der Waals surface area contributed by atoms with Crippen LogP contribution in [0.3, 0.4) is 0 Å². The van der Waals surface area contributed by atoms with E-state index in [4.69, 9.17) is 16.3 Å². The minimum absolute atomic E-state index is 0.129. The number of hydrogen-bond acceptors (Lipinski definition) is 2. The van der Waals surface area contributed by atoms with Crippen LogP contribution in [0.2, 0.25) is 5.02 Å². The Hall–Kier alpha value is -2.07. The molecule has 0 spiro atoms. The first-order valence-corrected chi connectivity index (χ1v) is 6.37. The number of anilines is 1. The van der Waals surface area contributed by atoms with Crippen LogP contribution in [0.5, 0.6) is 5.75 Å². The summed E-state index contributed by atoms with van der Waals surface area (Å²) in [4.78, 5) is 11.7. The Bertz CT molecular complexity index is 631. The number of ether oxygens (including phenoxy) is 1. The maximum atomic E-state index is 13.4. The summed E-state index contributed by atoms with van der Waals surface area (Å²) in [7, 11) is 0. The molecule has 0 aliphatic carbocycles. The number of para-hydroxylation sites is 1. The minimum atomic E-state index is -0.486. The maximum Gasteiger partial charge on any atom is 0.262 e. The standard InChI is InChI=1S/C15H13ClFNO2/c1-10-6-7-11(16)8-14(10)20-9-15(19)18-13-5-3-2-4-12(13)17/h2-8H,9H2,1H3,(H,18,19). The molecule has 2 rings (SSSR count). The quantitative estimate of drug-likeness (QED) is 0.931. The molecule has 5 heteroatoms. The fraction of sp³-hybridized carbons (Fsp3) is 0.133. The molecular weight excluding hydrogens is 281 g/mol. The zero-order valence-corrected chi connectivity index (χ0v) is 11.6. The van der Waals surface area contributed by atoms with Crippen LogP contribution in [0.1, 0.15) is 5.56 Å². The van der Waals surface area contributed by atoms with Gasteiger partial charge in [0.05, 0.1) is 5.69 Å². The normalized spacial score (nSPS) is 10.2. The zero-order chi connectivity index (χ0) is 14.5. The first-order chi connectivity index (χ1) is 9.56. The SMILES string of the molecule is Cc1ccc(Cl)cc1OCC(=O)Nc1ccccc1F. The van der Waals surface area contributed by atoms with Gasteiger partial charge < -0.3 is 10.1 Å². The average Bonchev–Trinajstić information content (AvgIpc) is 2.42. The van der Waals surface area contributed by atoms with Gasteiger partial charge in [0.25, 0.3) is 5.91 Å². The van der Waals surface area contributed by atoms with Crippen molar-refractivity contribution in [2.45, 2.75) is 6.92 Å². The van der Waals surface area contributed by atoms with Gasteiger partial charge in [-0.2, -0.15) is 0 Å². The van der Waals surface area contributed by atoms with E-state index in [9.17, 15) is 9.18 Å². The number of rotatable bonds is 4. The van der Waals surface area contributed by atoms with Gasteiger partial charge in [0.2, 0.25) is 0 Å². The molecule has 0 unspecified atom stereocenters. The van der Waals surface area contributed by atoms with E-state index >= 15 is 0 Å². The lowest BCUT2D eigenvalue weighted by molar-refractivity contribution is -0.118. The van der Waals surface area contributed by atoms with Gasteiger partial charge in [-0.25, -0.2) is 4.39 Å². The second-order valence-corrected chi connectivity index (χ2v) is 4.66. The summed E-state index contributed by atoms with van der Waals surface area (Å²) in [6, 6.07) is 11.1. The van der Waals surface area contributed by atoms with Gasteiger partial charge in [0.1, 0.15) is 11.6 Å². The fourth-order valence-electron chi connectivity index (χ4n) is 1.62. The highest BCUT2D eigenvalue weighted by atomic mass is 35.5. The first-order valence-electron chi connectivity index (χ1n) is 5.99. The Morgan fingerprint density at radius 2 is 2.05 bits per heavy atom. The Balaban J connectivity index is 1.96. The largest absolute Gasteiger partial charge is 0.483 e. The highest BCUT2D eigenvalue weighted by Gasteiger charge is 2.08. The van der Waals surface area contributed by atoms with Gasteiger partial charge in [0.15, 0.2) is 6.61 Å². The van der Waals surface area contributed by atoms with E-state index < -0.39 is 11.7 Å². The molecule has 0 fully saturated rings. The van der Waals surface area contributed by atoms with Crippen molar-refractivity contribution in [2.24, 2.45) is 0 Å². The van der Waals surface area contributed by atoms with Gasteiger partial charge in [-0.05, 0) is 36.8 Å². The smallest absolute Gasteiger partial charge is 0.262 e. The van der Waals surface area contributed by atoms with Crippen molar-refractivity contribution < 1.29 is 13.9 Å². The van der Waals surface area contributed by atoms with E-state index in [-0.39, 0.29) is 12.3 Å². The summed E-state index contributed by atoms with van der Waals surface area (Å²) in [6.45, 7) is 1.63. The van der Waals surface area contributed by atoms with E-state index in [1.807, 2.05) is 6.92 Å². The molecule has 0 aliphatic heterocycles. The highest BCUT2D eigenvalue weighted by molar-refractivity contribution is 6.30. The molecule has 2 aromatic rings. The number of aryl methyl sites for hydroxylation is 1. The number of carbonyl (C=O) groups is 1. The van der Waals surface area contributed by atoms with Gasteiger partial charge in [-0.15, -0.1) is 0 Å². The molecular formula is C15H13ClFNO2. The third-order valence-corrected chi connectivity index (χ3v) is 2.89. The van der Waals surface area contributed by atoms with Gasteiger partial charge >= 0.3 is 0 Å². The number of carbonyl (C=O) groups excluding carboxylic acids is 1. The fourth-order valence-corrected chi connectivity index (χ4v) is 1.78. The summed E-state index contributed by atoms with van der Waals surface area (Å²) in [5, 5.41) is 2.97. The highest BCUT2D eigenvalue weighted by Crippen LogP contribution is 2.22. The topological polar surface area (TPSA) is 38.3 Å². The van der Waals surface area contributed by atoms with Crippen LogP contribution < -0.4 is 10.1 Å². The summed E-state index contributed by atoms with van der Waals surface area (Å²) < 4.78 is 18.7. The van der Waals surface area contributed by atoms with E-state index in [2.05, 4.69) is 5.32 Å². The predicted molar refractivity (Wildman–Crippen MR) is 76.7 cm³/mol. The molecule has 0 saturated carbocycles. The van der Waals surface area contributed by atoms with Crippen LogP contribution >= 0.6 is 11.6 Å². The summed E-state index contributed by atoms with van der Waals surface area (Å²) in [5.74, 6) is -0.393. The number of hydrogen-bond donors (Lipinski definition) is 1. The zero-order valence-electron chi connectivity index (χ0n) is 10.8. The Morgan fingerprint density at radius 1 is 1.30 bits per heavy atom. The molecule has 104 valence electrons. The Kier molecular flexibility index (Phi) is 4.58. The van der Waals surface area contributed by atoms with Crippen LogP contribution in [-0.2, 0) is 4.79 Å². The lowest BCUT2D eigenvalue weighted by Crippen LogP contribution is -2.21. The lowest BCUT2D eigenvalue weighted by atomic mass is 10.2. The summed E-state index contributed by atoms with van der Waals surface area (Å²) >= 11 is 5.85. The molecule has 1 N–H and O–H groups in total. The molecule has 2 aromatic carbocycles. The third-order valence-electron chi connectivity index (χ3n) is 2.66. The molecule has 0 atom stereocenters. The predicted octanol–water partition coefficient (Wildman–Crippen LogP) is 3.81. The number of benzene rings is 2. The van der Waals surface area contributed by atoms with E-state index in [1.54, 1.807) is 30.3 Å². The summed E-state index contributed by atoms with van der Waals surface area (Å²) in [6.07, 6.45) is 0. The van der Waals surface area contributed by atoms with Crippen molar-refractivity contribution in [1.82, 2.24) is 0 Å². The molecule has 0 saturated heterocycles. The van der Waals surface area contributed by atoms with Crippen LogP contribution in [0.4, 0.5) is 10.1 Å². The average molecular weight is 294 g/mol. The number of nitrogens with one attached hydrogen (secondary N) is 1. The molecule has 0 aromatic heterocycles. The third kappa shape index (κ3) is 3.71. The van der Waals surface area contributed by atoms with Gasteiger partial charge in [-0.1, -0.05) is 29.8 Å². The monoisotopic (exact) mass is 293 g/mol. The summed E-state index contributed by atoms with van der Waals surface area (Å²) in [5.41, 5.74) is 0.997. The Labute approximate surface area is 121 Å². The van der Waals surface area contributed by atoms with Crippen LogP contribution in [0, 0.1) is 12.7 Å². The molecule has 0 heterocycles. The molecule has 1 amide bonds. The van der Waals surface area contributed by atoms with Crippen molar-refractivity contribution in [3.05, 3.63) is 58.9 Å². The second-order valence-electron chi connectivity index (χ2n) is 4.23. The molecule has 0 radical (unpaired) electrons. The minimum Gasteiger partial charge on any atom is -0.483 e. The number of amides is 1. The lowest BCUT2D eigenvalue weighted by Gasteiger charge is -2.10. The van der Waals surface area contributed by atoms with Crippen molar-refractivity contribution in [2.75, 3.05) is 11.9 Å². The maximum absolute atomic E-state index is 13.4. The van der Waals surface area contributed by atoms with Crippen LogP contribution in [-0.4, -0.2) is 12.5 Å². The van der Waals surface area contributed by atoms with Gasteiger partial charge in [-0.3, -0.25) is 4.79 Å². The number of halogens is 2. The van der Waals surface area contributed by atoms with Crippen molar-refractivity contribution in [1.29, 1.82) is 0 Å².